The number of rotatable bonds is 4. The molecule has 0 saturated carbocycles. The van der Waals surface area contributed by atoms with Crippen LogP contribution < -0.4 is 5.32 Å². The first kappa shape index (κ1) is 20.0. The Morgan fingerprint density at radius 1 is 1.28 bits per heavy atom. The molecule has 0 radical (unpaired) electrons. The third kappa shape index (κ3) is 7.86. The third-order valence-electron chi connectivity index (χ3n) is 2.77. The molecule has 1 amide bonds. The quantitative estimate of drug-likeness (QED) is 0.670. The topological polar surface area (TPSA) is 115 Å². The molecule has 2 rings (SSSR count). The van der Waals surface area contributed by atoms with E-state index in [0.717, 1.165) is 11.3 Å². The molecular formula is C15H16F3N3O4. The van der Waals surface area contributed by atoms with Gasteiger partial charge in [0.05, 0.1) is 0 Å². The number of hydrogen-bond acceptors (Lipinski definition) is 4. The molecule has 25 heavy (non-hydrogen) atoms. The number of nitrogens with one attached hydrogen (secondary N) is 2. The Balaban J connectivity index is 0.000000381. The maximum absolute atomic E-state index is 11.7. The van der Waals surface area contributed by atoms with Crippen molar-refractivity contribution >= 4 is 17.7 Å². The molecule has 0 atom stereocenters. The predicted molar refractivity (Wildman–Crippen MR) is 82.1 cm³/mol. The summed E-state index contributed by atoms with van der Waals surface area (Å²) in [5, 5.41) is 25.8. The summed E-state index contributed by atoms with van der Waals surface area (Å²) >= 11 is 0. The van der Waals surface area contributed by atoms with Gasteiger partial charge in [0.1, 0.15) is 5.75 Å². The van der Waals surface area contributed by atoms with E-state index >= 15 is 0 Å². The molecule has 1 heterocycles. The maximum atomic E-state index is 11.7. The zero-order valence-corrected chi connectivity index (χ0v) is 13.1. The number of anilines is 1. The number of aryl methyl sites for hydroxylation is 2. The van der Waals surface area contributed by atoms with Crippen molar-refractivity contribution in [1.82, 2.24) is 10.2 Å². The fourth-order valence-corrected chi connectivity index (χ4v) is 1.66. The van der Waals surface area contributed by atoms with Crippen LogP contribution in [0.15, 0.2) is 30.3 Å². The number of aromatic nitrogens is 2. The number of amides is 1. The molecule has 0 aliphatic heterocycles. The average Bonchev–Trinajstić information content (AvgIpc) is 2.90. The molecule has 0 fully saturated rings. The number of phenolic OH excluding ortho intramolecular Hbond substituents is 1. The van der Waals surface area contributed by atoms with Crippen LogP contribution in [0.1, 0.15) is 17.7 Å². The van der Waals surface area contributed by atoms with Crippen molar-refractivity contribution in [3.8, 4) is 5.75 Å². The SMILES string of the molecule is Cc1cc(NC(=O)CCc2cccc(O)c2)n[nH]1.O=C(O)C(F)(F)F. The Hall–Kier alpha value is -3.04. The Morgan fingerprint density at radius 2 is 1.92 bits per heavy atom. The highest BCUT2D eigenvalue weighted by Crippen LogP contribution is 2.13. The number of carbonyl (C=O) groups is 2. The van der Waals surface area contributed by atoms with E-state index in [9.17, 15) is 23.1 Å². The second-order valence-electron chi connectivity index (χ2n) is 4.96. The molecule has 10 heteroatoms. The molecule has 0 saturated heterocycles. The number of aliphatic carboxylic acids is 1. The number of hydrogen-bond donors (Lipinski definition) is 4. The highest BCUT2D eigenvalue weighted by atomic mass is 19.4. The fraction of sp³-hybridized carbons (Fsp3) is 0.267. The number of aromatic hydroxyl groups is 1. The van der Waals surface area contributed by atoms with Gasteiger partial charge in [-0.15, -0.1) is 0 Å². The number of benzene rings is 1. The number of carbonyl (C=O) groups excluding carboxylic acids is 1. The van der Waals surface area contributed by atoms with Crippen molar-refractivity contribution in [2.24, 2.45) is 0 Å². The zero-order chi connectivity index (χ0) is 19.0. The van der Waals surface area contributed by atoms with E-state index in [4.69, 9.17) is 9.90 Å². The van der Waals surface area contributed by atoms with Crippen molar-refractivity contribution in [1.29, 1.82) is 0 Å². The summed E-state index contributed by atoms with van der Waals surface area (Å²) in [7, 11) is 0. The molecule has 1 aromatic carbocycles. The summed E-state index contributed by atoms with van der Waals surface area (Å²) in [6, 6.07) is 8.68. The second kappa shape index (κ2) is 8.71. The van der Waals surface area contributed by atoms with Gasteiger partial charge in [-0.05, 0) is 31.0 Å². The Kier molecular flexibility index (Phi) is 6.97. The molecule has 2 aromatic rings. The van der Waals surface area contributed by atoms with Crippen LogP contribution in [0.4, 0.5) is 19.0 Å². The van der Waals surface area contributed by atoms with Gasteiger partial charge in [0.15, 0.2) is 5.82 Å². The van der Waals surface area contributed by atoms with Gasteiger partial charge in [0, 0.05) is 18.2 Å². The minimum Gasteiger partial charge on any atom is -0.508 e. The van der Waals surface area contributed by atoms with Crippen LogP contribution in [0.5, 0.6) is 5.75 Å². The van der Waals surface area contributed by atoms with Gasteiger partial charge in [-0.1, -0.05) is 12.1 Å². The summed E-state index contributed by atoms with van der Waals surface area (Å²) in [4.78, 5) is 20.5. The third-order valence-corrected chi connectivity index (χ3v) is 2.77. The normalized spacial score (nSPS) is 10.6. The Bertz CT molecular complexity index is 729. The minimum atomic E-state index is -5.08. The van der Waals surface area contributed by atoms with E-state index in [1.54, 1.807) is 24.3 Å². The van der Waals surface area contributed by atoms with Gasteiger partial charge in [-0.2, -0.15) is 18.3 Å². The van der Waals surface area contributed by atoms with E-state index in [2.05, 4.69) is 15.5 Å². The number of phenols is 1. The molecule has 0 unspecified atom stereocenters. The zero-order valence-electron chi connectivity index (χ0n) is 13.1. The van der Waals surface area contributed by atoms with Crippen molar-refractivity contribution in [3.05, 3.63) is 41.6 Å². The molecule has 0 aliphatic rings. The standard InChI is InChI=1S/C13H15N3O2.C2HF3O2/c1-9-7-12(16-15-9)14-13(18)6-5-10-3-2-4-11(17)8-10;3-2(4,5)1(6)7/h2-4,7-8,17H,5-6H2,1H3,(H2,14,15,16,18);(H,6,7). The Morgan fingerprint density at radius 3 is 2.40 bits per heavy atom. The Labute approximate surface area is 140 Å². The van der Waals surface area contributed by atoms with E-state index in [0.29, 0.717) is 18.7 Å². The summed E-state index contributed by atoms with van der Waals surface area (Å²) < 4.78 is 31.7. The number of nitrogens with zero attached hydrogens (tertiary/aromatic N) is 1. The van der Waals surface area contributed by atoms with Crippen LogP contribution in [0.25, 0.3) is 0 Å². The first-order chi connectivity index (χ1) is 11.6. The molecule has 4 N–H and O–H groups in total. The molecule has 0 spiro atoms. The fourth-order valence-electron chi connectivity index (χ4n) is 1.66. The van der Waals surface area contributed by atoms with Crippen LogP contribution >= 0.6 is 0 Å². The summed E-state index contributed by atoms with van der Waals surface area (Å²) in [6.45, 7) is 1.87. The van der Waals surface area contributed by atoms with Gasteiger partial charge in [-0.25, -0.2) is 4.79 Å². The summed E-state index contributed by atoms with van der Waals surface area (Å²) in [5.74, 6) is -2.10. The van der Waals surface area contributed by atoms with E-state index in [1.807, 2.05) is 13.0 Å². The number of alkyl halides is 3. The lowest BCUT2D eigenvalue weighted by Crippen LogP contribution is -2.21. The van der Waals surface area contributed by atoms with E-state index < -0.39 is 12.1 Å². The van der Waals surface area contributed by atoms with Crippen LogP contribution in [-0.2, 0) is 16.0 Å². The molecule has 7 nitrogen and oxygen atoms in total. The highest BCUT2D eigenvalue weighted by molar-refractivity contribution is 5.89. The number of carboxylic acid groups (broad SMARTS) is 1. The van der Waals surface area contributed by atoms with Gasteiger partial charge in [0.2, 0.25) is 5.91 Å². The molecule has 0 bridgehead atoms. The van der Waals surface area contributed by atoms with Gasteiger partial charge in [0.25, 0.3) is 0 Å². The summed E-state index contributed by atoms with van der Waals surface area (Å²) in [5.41, 5.74) is 1.83. The number of H-pyrrole nitrogens is 1. The maximum Gasteiger partial charge on any atom is 0.490 e. The van der Waals surface area contributed by atoms with Crippen LogP contribution in [0, 0.1) is 6.92 Å². The highest BCUT2D eigenvalue weighted by Gasteiger charge is 2.38. The minimum absolute atomic E-state index is 0.0927. The average molecular weight is 359 g/mol. The first-order valence-corrected chi connectivity index (χ1v) is 6.98. The van der Waals surface area contributed by atoms with Crippen molar-refractivity contribution in [3.63, 3.8) is 0 Å². The molecular weight excluding hydrogens is 343 g/mol. The van der Waals surface area contributed by atoms with Crippen molar-refractivity contribution in [2.75, 3.05) is 5.32 Å². The number of carboxylic acids is 1. The molecule has 136 valence electrons. The largest absolute Gasteiger partial charge is 0.508 e. The van der Waals surface area contributed by atoms with Crippen LogP contribution in [0.2, 0.25) is 0 Å². The number of halogens is 3. The van der Waals surface area contributed by atoms with Crippen LogP contribution in [0.3, 0.4) is 0 Å². The van der Waals surface area contributed by atoms with Gasteiger partial charge >= 0.3 is 12.1 Å². The van der Waals surface area contributed by atoms with Gasteiger partial charge in [-0.3, -0.25) is 9.89 Å². The number of aromatic amines is 1. The van der Waals surface area contributed by atoms with E-state index in [1.165, 1.54) is 0 Å². The molecule has 1 aromatic heterocycles. The lowest BCUT2D eigenvalue weighted by molar-refractivity contribution is -0.192. The van der Waals surface area contributed by atoms with E-state index in [-0.39, 0.29) is 11.7 Å². The predicted octanol–water partition coefficient (Wildman–Crippen LogP) is 2.63. The van der Waals surface area contributed by atoms with Crippen molar-refractivity contribution in [2.45, 2.75) is 25.9 Å². The monoisotopic (exact) mass is 359 g/mol. The smallest absolute Gasteiger partial charge is 0.490 e. The lowest BCUT2D eigenvalue weighted by Gasteiger charge is -2.02. The van der Waals surface area contributed by atoms with Crippen LogP contribution in [-0.4, -0.2) is 38.5 Å². The second-order valence-corrected chi connectivity index (χ2v) is 4.96. The summed E-state index contributed by atoms with van der Waals surface area (Å²) in [6.07, 6.45) is -4.14. The van der Waals surface area contributed by atoms with Crippen molar-refractivity contribution < 1.29 is 33.0 Å². The van der Waals surface area contributed by atoms with Gasteiger partial charge < -0.3 is 15.5 Å². The lowest BCUT2D eigenvalue weighted by atomic mass is 10.1. The molecule has 0 aliphatic carbocycles. The first-order valence-electron chi connectivity index (χ1n) is 6.98.